The molecule has 0 saturated heterocycles. The van der Waals surface area contributed by atoms with E-state index in [2.05, 4.69) is 15.3 Å². The van der Waals surface area contributed by atoms with Crippen molar-refractivity contribution in [2.24, 2.45) is 0 Å². The van der Waals surface area contributed by atoms with Gasteiger partial charge in [0.2, 0.25) is 0 Å². The van der Waals surface area contributed by atoms with Gasteiger partial charge in [-0.2, -0.15) is 8.42 Å². The van der Waals surface area contributed by atoms with Crippen molar-refractivity contribution in [2.75, 3.05) is 7.11 Å². The van der Waals surface area contributed by atoms with Crippen molar-refractivity contribution in [3.63, 3.8) is 0 Å². The number of hydrogen-bond donors (Lipinski definition) is 0. The summed E-state index contributed by atoms with van der Waals surface area (Å²) >= 11 is 0. The van der Waals surface area contributed by atoms with E-state index in [-0.39, 0.29) is 57.8 Å². The van der Waals surface area contributed by atoms with Crippen LogP contribution < -0.4 is 0 Å². The third-order valence-corrected chi connectivity index (χ3v) is 4.18. The van der Waals surface area contributed by atoms with Gasteiger partial charge in [-0.25, -0.2) is 4.18 Å². The summed E-state index contributed by atoms with van der Waals surface area (Å²) < 4.78 is 29.9. The zero-order chi connectivity index (χ0) is 16.0. The Bertz CT molecular complexity index is 357. The van der Waals surface area contributed by atoms with Crippen molar-refractivity contribution in [3.8, 4) is 0 Å². The van der Waals surface area contributed by atoms with Crippen molar-refractivity contribution in [1.29, 1.82) is 0 Å². The van der Waals surface area contributed by atoms with Crippen LogP contribution >= 0.6 is 0 Å². The topological polar surface area (TPSA) is 69.7 Å². The van der Waals surface area contributed by atoms with E-state index in [1.165, 1.54) is 51.4 Å². The molecule has 5 nitrogen and oxygen atoms in total. The fourth-order valence-corrected chi connectivity index (χ4v) is 2.50. The average molecular weight is 363 g/mol. The molecule has 128 valence electrons. The van der Waals surface area contributed by atoms with Gasteiger partial charge in [0.15, 0.2) is 0 Å². The minimum atomic E-state index is -4.13. The van der Waals surface area contributed by atoms with Crippen molar-refractivity contribution in [1.82, 2.24) is 0 Å². The summed E-state index contributed by atoms with van der Waals surface area (Å²) in [5, 5.41) is 0. The zero-order valence-corrected chi connectivity index (χ0v) is 14.3. The second kappa shape index (κ2) is 16.9. The molecular weight excluding hydrogens is 331 g/mol. The Kier molecular flexibility index (Phi) is 19.4. The second-order valence-electron chi connectivity index (χ2n) is 5.32. The molecule has 22 heavy (non-hydrogen) atoms. The van der Waals surface area contributed by atoms with Gasteiger partial charge in [-0.1, -0.05) is 71.1 Å². The number of unbranched alkanes of at least 4 members (excludes halogenated alkanes) is 10. The Morgan fingerprint density at radius 3 is 1.64 bits per heavy atom. The molecule has 0 bridgehead atoms. The predicted molar refractivity (Wildman–Crippen MR) is 90.2 cm³/mol. The molecule has 0 aliphatic rings. The molecule has 0 heterocycles. The maximum absolute atomic E-state index is 11.2. The third-order valence-electron chi connectivity index (χ3n) is 3.38. The molecule has 0 atom stereocenters. The van der Waals surface area contributed by atoms with Crippen molar-refractivity contribution in [3.05, 3.63) is 0 Å². The van der Waals surface area contributed by atoms with E-state index in [1.54, 1.807) is 0 Å². The van der Waals surface area contributed by atoms with Crippen LogP contribution in [0.4, 0.5) is 0 Å². The third kappa shape index (κ3) is 17.4. The van der Waals surface area contributed by atoms with E-state index in [0.717, 1.165) is 20.0 Å². The van der Waals surface area contributed by atoms with Crippen LogP contribution in [0.25, 0.3) is 0 Å². The molecule has 0 aromatic heterocycles. The fraction of sp³-hybridized carbons (Fsp3) is 0.933. The molecule has 0 fully saturated rings. The summed E-state index contributed by atoms with van der Waals surface area (Å²) in [5.41, 5.74) is 0. The number of rotatable bonds is 14. The van der Waals surface area contributed by atoms with Crippen LogP contribution in [0.15, 0.2) is 0 Å². The first-order valence-corrected chi connectivity index (χ1v) is 9.38. The van der Waals surface area contributed by atoms with E-state index in [4.69, 9.17) is 0 Å². The maximum atomic E-state index is 11.2. The molecule has 0 aromatic carbocycles. The van der Waals surface area contributed by atoms with Gasteiger partial charge in [0, 0.05) is 6.42 Å². The van der Waals surface area contributed by atoms with Crippen LogP contribution in [0.2, 0.25) is 0 Å². The molecule has 0 spiro atoms. The summed E-state index contributed by atoms with van der Waals surface area (Å²) in [6, 6.07) is 0. The van der Waals surface area contributed by atoms with Gasteiger partial charge in [0.05, 0.1) is 7.11 Å². The van der Waals surface area contributed by atoms with E-state index in [9.17, 15) is 13.2 Å². The second-order valence-corrected chi connectivity index (χ2v) is 6.63. The van der Waals surface area contributed by atoms with Crippen molar-refractivity contribution in [2.45, 2.75) is 84.0 Å². The first-order valence-electron chi connectivity index (χ1n) is 8.04. The Hall–Kier alpha value is 1.02. The Morgan fingerprint density at radius 1 is 0.818 bits per heavy atom. The predicted octanol–water partition coefficient (Wildman–Crippen LogP) is 3.47. The van der Waals surface area contributed by atoms with E-state index < -0.39 is 16.4 Å². The molecule has 0 N–H and O–H groups in total. The van der Waals surface area contributed by atoms with Crippen LogP contribution in [0.1, 0.15) is 84.0 Å². The molecule has 0 rings (SSSR count). The molecule has 7 heteroatoms. The van der Waals surface area contributed by atoms with Crippen molar-refractivity contribution >= 4 is 67.8 Å². The van der Waals surface area contributed by atoms with Crippen LogP contribution in [0, 0.1) is 0 Å². The van der Waals surface area contributed by atoms with Gasteiger partial charge in [0.1, 0.15) is 0 Å². The summed E-state index contributed by atoms with van der Waals surface area (Å²) in [6.45, 7) is 2.22. The molecule has 0 amide bonds. The number of carbonyl (C=O) groups excluding carboxylic acids is 1. The average Bonchev–Trinajstić information content (AvgIpc) is 2.44. The molecule has 0 radical (unpaired) electrons. The van der Waals surface area contributed by atoms with E-state index in [0.29, 0.717) is 6.42 Å². The monoisotopic (exact) mass is 362 g/mol. The van der Waals surface area contributed by atoms with Gasteiger partial charge < -0.3 is 4.18 Å². The van der Waals surface area contributed by atoms with Crippen LogP contribution in [0.3, 0.4) is 0 Å². The van der Waals surface area contributed by atoms with Crippen molar-refractivity contribution < 1.29 is 21.6 Å². The Labute approximate surface area is 178 Å². The quantitative estimate of drug-likeness (QED) is 0.349. The van der Waals surface area contributed by atoms with Crippen LogP contribution in [-0.2, 0) is 23.6 Å². The molecule has 0 aliphatic heterocycles. The summed E-state index contributed by atoms with van der Waals surface area (Å²) in [4.78, 5) is 11.2. The summed E-state index contributed by atoms with van der Waals surface area (Å²) in [7, 11) is -3.17. The molecule has 0 aliphatic carbocycles. The molecule has 0 saturated carbocycles. The number of hydrogen-bond acceptors (Lipinski definition) is 5. The normalized spacial score (nSPS) is 11.0. The van der Waals surface area contributed by atoms with Gasteiger partial charge >= 0.3 is 67.8 Å². The van der Waals surface area contributed by atoms with Crippen LogP contribution in [0.5, 0.6) is 0 Å². The van der Waals surface area contributed by atoms with E-state index >= 15 is 0 Å². The summed E-state index contributed by atoms with van der Waals surface area (Å²) in [5.74, 6) is -0.743. The molecule has 0 unspecified atom stereocenters. The molecular formula is C15H31KO5S. The minimum absolute atomic E-state index is 0. The Balaban J connectivity index is 0. The van der Waals surface area contributed by atoms with Gasteiger partial charge in [-0.15, -0.1) is 0 Å². The SMILES string of the molecule is CCCCCCCCCCCCCC(=O)OS(=O)(=O)OC.[KH]. The fourth-order valence-electron chi connectivity index (χ4n) is 2.12. The van der Waals surface area contributed by atoms with Gasteiger partial charge in [0.25, 0.3) is 0 Å². The Morgan fingerprint density at radius 2 is 1.23 bits per heavy atom. The van der Waals surface area contributed by atoms with Gasteiger partial charge in [-0.05, 0) is 6.42 Å². The zero-order valence-electron chi connectivity index (χ0n) is 13.4. The standard InChI is InChI=1S/C15H30O5S.K.H/c1-3-4-5-6-7-8-9-10-11-12-13-14-15(16)20-21(17,18)19-2;;/h3-14H2,1-2H3;;. The van der Waals surface area contributed by atoms with Gasteiger partial charge in [-0.3, -0.25) is 4.79 Å². The first kappa shape index (κ1) is 25.3. The molecule has 0 aromatic rings. The van der Waals surface area contributed by atoms with Crippen LogP contribution in [-0.4, -0.2) is 72.9 Å². The number of carbonyl (C=O) groups is 1. The van der Waals surface area contributed by atoms with E-state index in [1.807, 2.05) is 0 Å². The first-order chi connectivity index (χ1) is 10.0. The summed E-state index contributed by atoms with van der Waals surface area (Å²) in [6.07, 6.45) is 13.2.